The topological polar surface area (TPSA) is 139 Å². The molecule has 1 aliphatic heterocycles. The number of aromatic amines is 2. The molecule has 0 atom stereocenters. The van der Waals surface area contributed by atoms with Crippen molar-refractivity contribution in [2.75, 3.05) is 24.5 Å². The third-order valence-corrected chi connectivity index (χ3v) is 8.57. The summed E-state index contributed by atoms with van der Waals surface area (Å²) in [7, 11) is 3.15. The van der Waals surface area contributed by atoms with Crippen molar-refractivity contribution in [1.29, 1.82) is 0 Å². The summed E-state index contributed by atoms with van der Waals surface area (Å²) in [6.07, 6.45) is 2.91. The predicted octanol–water partition coefficient (Wildman–Crippen LogP) is 3.03. The van der Waals surface area contributed by atoms with Crippen molar-refractivity contribution < 1.29 is 4.39 Å². The fourth-order valence-corrected chi connectivity index (χ4v) is 5.73. The number of nitrogens with two attached hydrogens (primary N) is 1. The molecule has 6 rings (SSSR count). The molecule has 0 saturated carbocycles. The molecule has 0 spiro atoms. The van der Waals surface area contributed by atoms with E-state index < -0.39 is 22.8 Å². The first kappa shape index (κ1) is 30.0. The summed E-state index contributed by atoms with van der Waals surface area (Å²) in [6, 6.07) is 17.4. The van der Waals surface area contributed by atoms with E-state index in [0.29, 0.717) is 28.4 Å². The van der Waals surface area contributed by atoms with Gasteiger partial charge >= 0.3 is 11.4 Å². The first-order valence-corrected chi connectivity index (χ1v) is 14.2. The molecule has 10 nitrogen and oxygen atoms in total. The lowest BCUT2D eigenvalue weighted by atomic mass is 9.74. The summed E-state index contributed by atoms with van der Waals surface area (Å²) >= 11 is 6.01. The molecule has 5 aromatic rings. The van der Waals surface area contributed by atoms with E-state index in [9.17, 15) is 23.6 Å². The van der Waals surface area contributed by atoms with Crippen molar-refractivity contribution in [3.8, 4) is 0 Å². The smallest absolute Gasteiger partial charge is 0.328 e. The van der Waals surface area contributed by atoms with Gasteiger partial charge in [-0.2, -0.15) is 0 Å². The van der Waals surface area contributed by atoms with Gasteiger partial charge in [-0.25, -0.2) is 14.0 Å². The van der Waals surface area contributed by atoms with E-state index >= 15 is 0 Å². The van der Waals surface area contributed by atoms with Crippen LogP contribution in [0.2, 0.25) is 5.02 Å². The lowest BCUT2D eigenvalue weighted by Crippen LogP contribution is -2.45. The number of nitrogens with one attached hydrogen (secondary N) is 2. The summed E-state index contributed by atoms with van der Waals surface area (Å²) in [6.45, 7) is 2.41. The number of anilines is 1. The maximum Gasteiger partial charge on any atom is 0.328 e. The Morgan fingerprint density at radius 3 is 1.91 bits per heavy atom. The molecule has 0 amide bonds. The fourth-order valence-electron chi connectivity index (χ4n) is 5.60. The Labute approximate surface area is 250 Å². The van der Waals surface area contributed by atoms with Gasteiger partial charge in [0.2, 0.25) is 0 Å². The maximum absolute atomic E-state index is 12.9. The van der Waals surface area contributed by atoms with Gasteiger partial charge in [0, 0.05) is 37.9 Å². The minimum absolute atomic E-state index is 0.0746. The van der Waals surface area contributed by atoms with E-state index in [1.807, 2.05) is 24.3 Å². The van der Waals surface area contributed by atoms with Gasteiger partial charge in [-0.1, -0.05) is 23.7 Å². The van der Waals surface area contributed by atoms with Crippen LogP contribution in [0.1, 0.15) is 18.4 Å². The normalized spacial score (nSPS) is 14.5. The molecule has 0 radical (unpaired) electrons. The van der Waals surface area contributed by atoms with Crippen LogP contribution >= 0.6 is 11.6 Å². The Bertz CT molecular complexity index is 2040. The van der Waals surface area contributed by atoms with E-state index in [2.05, 4.69) is 27.0 Å². The Morgan fingerprint density at radius 1 is 0.814 bits per heavy atom. The highest BCUT2D eigenvalue weighted by Crippen LogP contribution is 2.36. The Balaban J connectivity index is 0.000000220. The summed E-state index contributed by atoms with van der Waals surface area (Å²) in [4.78, 5) is 53.2. The number of benzene rings is 3. The Kier molecular flexibility index (Phi) is 8.38. The van der Waals surface area contributed by atoms with Crippen LogP contribution in [-0.4, -0.2) is 38.7 Å². The number of hydrogen-bond donors (Lipinski definition) is 3. The fraction of sp³-hybridized carbons (Fsp3) is 0.290. The highest BCUT2D eigenvalue weighted by molar-refractivity contribution is 6.30. The van der Waals surface area contributed by atoms with E-state index in [-0.39, 0.29) is 11.0 Å². The number of aryl methyl sites for hydroxylation is 2. The third kappa shape index (κ3) is 6.18. The van der Waals surface area contributed by atoms with Crippen molar-refractivity contribution in [3.05, 3.63) is 119 Å². The number of H-pyrrole nitrogens is 2. The van der Waals surface area contributed by atoms with Gasteiger partial charge in [-0.15, -0.1) is 0 Å². The van der Waals surface area contributed by atoms with Crippen LogP contribution in [0.3, 0.4) is 0 Å². The molecule has 0 bridgehead atoms. The van der Waals surface area contributed by atoms with Gasteiger partial charge in [0.15, 0.2) is 0 Å². The summed E-state index contributed by atoms with van der Waals surface area (Å²) in [5.41, 5.74) is 7.71. The van der Waals surface area contributed by atoms with Gasteiger partial charge in [0.05, 0.1) is 21.8 Å². The molecular weight excluding hydrogens is 575 g/mol. The SMILES string of the molecule is Cn1c(=O)[nH]c(=O)c2ccc(F)cc21.Cn1c(=O)[nH]c(=O)c2ccc(N3CCC(CN)(Cc4ccc(Cl)cc4)CC3)cc21. The average molecular weight is 607 g/mol. The van der Waals surface area contributed by atoms with Crippen LogP contribution in [0, 0.1) is 11.2 Å². The van der Waals surface area contributed by atoms with Gasteiger partial charge in [-0.3, -0.25) is 28.7 Å². The van der Waals surface area contributed by atoms with Crippen molar-refractivity contribution in [1.82, 2.24) is 19.1 Å². The number of rotatable bonds is 4. The van der Waals surface area contributed by atoms with Crippen molar-refractivity contribution in [2.24, 2.45) is 25.2 Å². The van der Waals surface area contributed by atoms with Crippen LogP contribution in [0.5, 0.6) is 0 Å². The van der Waals surface area contributed by atoms with Crippen LogP contribution in [-0.2, 0) is 20.5 Å². The van der Waals surface area contributed by atoms with Gasteiger partial charge in [0.25, 0.3) is 11.1 Å². The Hall–Kier alpha value is -4.48. The quantitative estimate of drug-likeness (QED) is 0.287. The number of fused-ring (bicyclic) bond motifs is 2. The molecule has 2 aromatic heterocycles. The minimum atomic E-state index is -0.548. The van der Waals surface area contributed by atoms with Gasteiger partial charge in [-0.05, 0) is 85.3 Å². The zero-order chi connectivity index (χ0) is 30.9. The molecule has 224 valence electrons. The van der Waals surface area contributed by atoms with Crippen LogP contribution in [0.25, 0.3) is 21.8 Å². The molecule has 1 fully saturated rings. The maximum atomic E-state index is 12.9. The van der Waals surface area contributed by atoms with Gasteiger partial charge in [0.1, 0.15) is 5.82 Å². The summed E-state index contributed by atoms with van der Waals surface area (Å²) in [5.74, 6) is -0.474. The molecule has 43 heavy (non-hydrogen) atoms. The number of nitrogens with zero attached hydrogens (tertiary/aromatic N) is 3. The largest absolute Gasteiger partial charge is 0.371 e. The molecule has 0 aliphatic carbocycles. The molecule has 3 aromatic carbocycles. The lowest BCUT2D eigenvalue weighted by Gasteiger charge is -2.42. The second-order valence-electron chi connectivity index (χ2n) is 11.0. The number of halogens is 2. The first-order chi connectivity index (χ1) is 20.5. The second-order valence-corrected chi connectivity index (χ2v) is 11.4. The lowest BCUT2D eigenvalue weighted by molar-refractivity contribution is 0.226. The second kappa shape index (κ2) is 12.0. The Morgan fingerprint density at radius 2 is 1.35 bits per heavy atom. The molecule has 3 heterocycles. The molecule has 4 N–H and O–H groups in total. The molecule has 0 unspecified atom stereocenters. The zero-order valence-corrected chi connectivity index (χ0v) is 24.6. The number of aromatic nitrogens is 4. The molecule has 12 heteroatoms. The highest BCUT2D eigenvalue weighted by Gasteiger charge is 2.33. The van der Waals surface area contributed by atoms with Crippen molar-refractivity contribution >= 4 is 39.1 Å². The van der Waals surface area contributed by atoms with Crippen LogP contribution in [0.15, 0.2) is 79.8 Å². The first-order valence-electron chi connectivity index (χ1n) is 13.8. The van der Waals surface area contributed by atoms with Crippen LogP contribution in [0.4, 0.5) is 10.1 Å². The van der Waals surface area contributed by atoms with Crippen LogP contribution < -0.4 is 33.1 Å². The van der Waals surface area contributed by atoms with E-state index in [4.69, 9.17) is 17.3 Å². The highest BCUT2D eigenvalue weighted by atomic mass is 35.5. The molecule has 1 aliphatic rings. The predicted molar refractivity (Wildman–Crippen MR) is 168 cm³/mol. The van der Waals surface area contributed by atoms with Crippen molar-refractivity contribution in [3.63, 3.8) is 0 Å². The third-order valence-electron chi connectivity index (χ3n) is 8.32. The summed E-state index contributed by atoms with van der Waals surface area (Å²) < 4.78 is 15.5. The molecule has 1 saturated heterocycles. The zero-order valence-electron chi connectivity index (χ0n) is 23.8. The monoisotopic (exact) mass is 606 g/mol. The van der Waals surface area contributed by atoms with Crippen molar-refractivity contribution in [2.45, 2.75) is 19.3 Å². The van der Waals surface area contributed by atoms with E-state index in [0.717, 1.165) is 49.1 Å². The number of piperidine rings is 1. The minimum Gasteiger partial charge on any atom is -0.371 e. The van der Waals surface area contributed by atoms with E-state index in [1.54, 1.807) is 13.1 Å². The molecular formula is C31H32ClFN6O4. The average Bonchev–Trinajstić information content (AvgIpc) is 3.00. The number of hydrogen-bond acceptors (Lipinski definition) is 6. The van der Waals surface area contributed by atoms with Gasteiger partial charge < -0.3 is 10.6 Å². The summed E-state index contributed by atoms with van der Waals surface area (Å²) in [5, 5.41) is 1.57. The van der Waals surface area contributed by atoms with E-state index in [1.165, 1.54) is 33.9 Å². The standard InChI is InChI=1S/C22H25ClN4O2.C9H7FN2O2/c1-26-19-12-17(6-7-18(19)20(28)25-21(26)29)27-10-8-22(14-24,9-11-27)13-15-2-4-16(23)5-3-15;1-12-7-4-5(10)2-3-6(7)8(13)11-9(12)14/h2-7,12H,8-11,13-14,24H2,1H3,(H,25,28,29);2-4H,1H3,(H,11,13,14).